The third-order valence-electron chi connectivity index (χ3n) is 6.27. The Morgan fingerprint density at radius 2 is 1.37 bits per heavy atom. The number of rotatable bonds is 5. The van der Waals surface area contributed by atoms with Gasteiger partial charge in [0, 0.05) is 64.4 Å². The molecule has 1 aromatic heterocycles. The van der Waals surface area contributed by atoms with Crippen LogP contribution in [-0.4, -0.2) is 89.1 Å². The third-order valence-corrected chi connectivity index (χ3v) is 6.27. The van der Waals surface area contributed by atoms with Crippen LogP contribution in [0.15, 0.2) is 6.20 Å². The first kappa shape index (κ1) is 17.1. The molecule has 3 heterocycles. The Balaban J connectivity index is 1.32. The topological polar surface area (TPSA) is 81.9 Å². The zero-order valence-electron chi connectivity index (χ0n) is 15.7. The van der Waals surface area contributed by atoms with Gasteiger partial charge in [-0.1, -0.05) is 0 Å². The van der Waals surface area contributed by atoms with Crippen molar-refractivity contribution in [1.82, 2.24) is 19.8 Å². The number of hydrogen-bond acceptors (Lipinski definition) is 8. The van der Waals surface area contributed by atoms with Crippen molar-refractivity contribution >= 4 is 17.5 Å². The van der Waals surface area contributed by atoms with Crippen LogP contribution < -0.4 is 9.80 Å². The quantitative estimate of drug-likeness (QED) is 0.557. The third kappa shape index (κ3) is 3.58. The molecule has 0 unspecified atom stereocenters. The van der Waals surface area contributed by atoms with Crippen molar-refractivity contribution in [3.05, 3.63) is 16.3 Å². The predicted octanol–water partition coefficient (Wildman–Crippen LogP) is 0.954. The second-order valence-electron chi connectivity index (χ2n) is 8.14. The van der Waals surface area contributed by atoms with Crippen LogP contribution in [0.5, 0.6) is 0 Å². The maximum absolute atomic E-state index is 11.5. The van der Waals surface area contributed by atoms with E-state index in [9.17, 15) is 10.1 Å². The van der Waals surface area contributed by atoms with Gasteiger partial charge in [0.15, 0.2) is 0 Å². The van der Waals surface area contributed by atoms with Crippen molar-refractivity contribution in [2.75, 3.05) is 62.2 Å². The molecule has 9 heteroatoms. The van der Waals surface area contributed by atoms with Crippen LogP contribution in [0.3, 0.4) is 0 Å². The lowest BCUT2D eigenvalue weighted by Gasteiger charge is -2.36. The predicted molar refractivity (Wildman–Crippen MR) is 102 cm³/mol. The molecule has 1 aromatic rings. The maximum Gasteiger partial charge on any atom is 0.329 e. The summed E-state index contributed by atoms with van der Waals surface area (Å²) in [5.74, 6) is 1.13. The molecule has 0 aromatic carbocycles. The first-order valence-electron chi connectivity index (χ1n) is 10.2. The minimum absolute atomic E-state index is 0.0234. The highest BCUT2D eigenvalue weighted by molar-refractivity contribution is 5.59. The summed E-state index contributed by atoms with van der Waals surface area (Å²) in [5.41, 5.74) is 0.0234. The van der Waals surface area contributed by atoms with Gasteiger partial charge in [0.2, 0.25) is 11.8 Å². The minimum Gasteiger partial charge on any atom is -0.348 e. The highest BCUT2D eigenvalue weighted by atomic mass is 16.6. The molecular formula is C18H27N7O2. The fourth-order valence-corrected chi connectivity index (χ4v) is 4.34. The van der Waals surface area contributed by atoms with Gasteiger partial charge in [0.05, 0.1) is 4.92 Å². The Morgan fingerprint density at radius 1 is 0.852 bits per heavy atom. The monoisotopic (exact) mass is 373 g/mol. The van der Waals surface area contributed by atoms with Gasteiger partial charge in [-0.2, -0.15) is 4.98 Å². The standard InChI is InChI=1S/C18H27N7O2/c26-25(27)16-13-19-18(24-11-7-22(8-12-24)15-3-4-15)20-17(16)23-9-5-21(6-10-23)14-1-2-14/h13-15H,1-12H2. The molecule has 9 nitrogen and oxygen atoms in total. The number of nitro groups is 1. The molecule has 4 fully saturated rings. The van der Waals surface area contributed by atoms with Crippen molar-refractivity contribution < 1.29 is 4.92 Å². The maximum atomic E-state index is 11.5. The molecule has 0 atom stereocenters. The largest absolute Gasteiger partial charge is 0.348 e. The van der Waals surface area contributed by atoms with Crippen LogP contribution in [0.25, 0.3) is 0 Å². The highest BCUT2D eigenvalue weighted by Crippen LogP contribution is 2.32. The number of anilines is 2. The van der Waals surface area contributed by atoms with Gasteiger partial charge in [-0.05, 0) is 25.7 Å². The molecular weight excluding hydrogens is 346 g/mol. The lowest BCUT2D eigenvalue weighted by Crippen LogP contribution is -2.49. The molecule has 2 aliphatic carbocycles. The summed E-state index contributed by atoms with van der Waals surface area (Å²) in [4.78, 5) is 29.5. The summed E-state index contributed by atoms with van der Waals surface area (Å²) < 4.78 is 0. The summed E-state index contributed by atoms with van der Waals surface area (Å²) >= 11 is 0. The number of piperazine rings is 2. The second kappa shape index (κ2) is 6.87. The lowest BCUT2D eigenvalue weighted by atomic mass is 10.3. The summed E-state index contributed by atoms with van der Waals surface area (Å²) in [6, 6.07) is 1.52. The molecule has 2 saturated carbocycles. The van der Waals surface area contributed by atoms with E-state index in [2.05, 4.69) is 29.6 Å². The molecule has 0 spiro atoms. The molecule has 0 radical (unpaired) electrons. The van der Waals surface area contributed by atoms with E-state index in [4.69, 9.17) is 0 Å². The average molecular weight is 373 g/mol. The zero-order chi connectivity index (χ0) is 18.4. The summed E-state index contributed by atoms with van der Waals surface area (Å²) in [6.07, 6.45) is 6.64. The van der Waals surface area contributed by atoms with Crippen molar-refractivity contribution in [2.24, 2.45) is 0 Å². The molecule has 5 rings (SSSR count). The number of nitrogens with zero attached hydrogens (tertiary/aromatic N) is 7. The van der Waals surface area contributed by atoms with Crippen LogP contribution in [0.4, 0.5) is 17.5 Å². The van der Waals surface area contributed by atoms with Gasteiger partial charge in [-0.25, -0.2) is 4.98 Å². The van der Waals surface area contributed by atoms with Crippen molar-refractivity contribution in [3.8, 4) is 0 Å². The van der Waals surface area contributed by atoms with Crippen molar-refractivity contribution in [2.45, 2.75) is 37.8 Å². The normalized spacial score (nSPS) is 25.0. The van der Waals surface area contributed by atoms with Crippen LogP contribution in [-0.2, 0) is 0 Å². The van der Waals surface area contributed by atoms with E-state index >= 15 is 0 Å². The number of hydrogen-bond donors (Lipinski definition) is 0. The van der Waals surface area contributed by atoms with Crippen LogP contribution >= 0.6 is 0 Å². The number of aromatic nitrogens is 2. The van der Waals surface area contributed by atoms with E-state index in [0.29, 0.717) is 11.8 Å². The van der Waals surface area contributed by atoms with Crippen LogP contribution in [0.2, 0.25) is 0 Å². The van der Waals surface area contributed by atoms with Gasteiger partial charge in [0.25, 0.3) is 0 Å². The Morgan fingerprint density at radius 3 is 1.85 bits per heavy atom. The zero-order valence-corrected chi connectivity index (χ0v) is 15.7. The van der Waals surface area contributed by atoms with Gasteiger partial charge < -0.3 is 9.80 Å². The smallest absolute Gasteiger partial charge is 0.329 e. The first-order valence-corrected chi connectivity index (χ1v) is 10.2. The Kier molecular flexibility index (Phi) is 4.35. The summed E-state index contributed by atoms with van der Waals surface area (Å²) in [6.45, 7) is 7.35. The van der Waals surface area contributed by atoms with E-state index in [1.165, 1.54) is 31.9 Å². The van der Waals surface area contributed by atoms with Gasteiger partial charge in [0.1, 0.15) is 6.20 Å². The summed E-state index contributed by atoms with van der Waals surface area (Å²) in [7, 11) is 0. The van der Waals surface area contributed by atoms with E-state index in [1.807, 2.05) is 0 Å². The lowest BCUT2D eigenvalue weighted by molar-refractivity contribution is -0.384. The summed E-state index contributed by atoms with van der Waals surface area (Å²) in [5, 5.41) is 11.5. The van der Waals surface area contributed by atoms with Crippen LogP contribution in [0.1, 0.15) is 25.7 Å². The van der Waals surface area contributed by atoms with Gasteiger partial charge in [-0.15, -0.1) is 0 Å². The average Bonchev–Trinajstić information content (AvgIpc) is 3.60. The van der Waals surface area contributed by atoms with Crippen molar-refractivity contribution in [1.29, 1.82) is 0 Å². The van der Waals surface area contributed by atoms with Gasteiger partial charge >= 0.3 is 5.69 Å². The SMILES string of the molecule is O=[N+]([O-])c1cnc(N2CCN(C3CC3)CC2)nc1N1CCN(C2CC2)CC1. The second-order valence-corrected chi connectivity index (χ2v) is 8.14. The fourth-order valence-electron chi connectivity index (χ4n) is 4.34. The van der Waals surface area contributed by atoms with E-state index in [0.717, 1.165) is 64.4 Å². The minimum atomic E-state index is -0.350. The molecule has 0 N–H and O–H groups in total. The van der Waals surface area contributed by atoms with E-state index in [-0.39, 0.29) is 10.6 Å². The fraction of sp³-hybridized carbons (Fsp3) is 0.778. The molecule has 0 bridgehead atoms. The van der Waals surface area contributed by atoms with Crippen LogP contribution in [0, 0.1) is 10.1 Å². The van der Waals surface area contributed by atoms with Crippen molar-refractivity contribution in [3.63, 3.8) is 0 Å². The Bertz CT molecular complexity index is 706. The molecule has 27 heavy (non-hydrogen) atoms. The van der Waals surface area contributed by atoms with Gasteiger partial charge in [-0.3, -0.25) is 19.9 Å². The Labute approximate surface area is 159 Å². The molecule has 4 aliphatic rings. The van der Waals surface area contributed by atoms with E-state index < -0.39 is 0 Å². The molecule has 146 valence electrons. The molecule has 0 amide bonds. The Hall–Kier alpha value is -2.00. The molecule has 2 aliphatic heterocycles. The van der Waals surface area contributed by atoms with E-state index in [1.54, 1.807) is 0 Å². The highest BCUT2D eigenvalue weighted by Gasteiger charge is 2.35. The molecule has 2 saturated heterocycles. The first-order chi connectivity index (χ1) is 13.2.